The molecule has 0 saturated heterocycles. The van der Waals surface area contributed by atoms with Gasteiger partial charge in [0, 0.05) is 0 Å². The summed E-state index contributed by atoms with van der Waals surface area (Å²) in [6.45, 7) is 15.2. The van der Waals surface area contributed by atoms with Crippen LogP contribution in [-0.2, 0) is 0 Å². The van der Waals surface area contributed by atoms with Crippen molar-refractivity contribution in [1.82, 2.24) is 0 Å². The van der Waals surface area contributed by atoms with Crippen LogP contribution < -0.4 is 0 Å². The van der Waals surface area contributed by atoms with E-state index in [4.69, 9.17) is 0 Å². The highest BCUT2D eigenvalue weighted by Crippen LogP contribution is 2.68. The van der Waals surface area contributed by atoms with Crippen LogP contribution in [0.1, 0.15) is 119 Å². The van der Waals surface area contributed by atoms with Crippen molar-refractivity contribution in [3.63, 3.8) is 0 Å². The molecule has 0 aliphatic heterocycles. The van der Waals surface area contributed by atoms with E-state index in [0.29, 0.717) is 10.8 Å². The molecule has 10 atom stereocenters. The fourth-order valence-corrected chi connectivity index (χ4v) is 9.90. The second kappa shape index (κ2) is 8.72. The van der Waals surface area contributed by atoms with Gasteiger partial charge in [0.2, 0.25) is 0 Å². The van der Waals surface area contributed by atoms with E-state index < -0.39 is 0 Å². The Labute approximate surface area is 188 Å². The molecule has 4 unspecified atom stereocenters. The molecular weight excluding hydrogens is 364 g/mol. The SMILES string of the molecule is CC[C@@H](CC[C@@H](C)C1CCC2C3CC[C@@H]4C[C@H](O)CC[C@]4(C)C3CC[C@@]21C)C(C)C. The van der Waals surface area contributed by atoms with Crippen molar-refractivity contribution in [2.75, 3.05) is 0 Å². The first-order chi connectivity index (χ1) is 14.2. The topological polar surface area (TPSA) is 20.2 Å². The smallest absolute Gasteiger partial charge is 0.0543 e. The number of hydrogen-bond acceptors (Lipinski definition) is 1. The van der Waals surface area contributed by atoms with Gasteiger partial charge >= 0.3 is 0 Å². The quantitative estimate of drug-likeness (QED) is 0.463. The minimum Gasteiger partial charge on any atom is -0.393 e. The van der Waals surface area contributed by atoms with Crippen LogP contribution in [0, 0.1) is 58.2 Å². The molecule has 4 fully saturated rings. The summed E-state index contributed by atoms with van der Waals surface area (Å²) >= 11 is 0. The molecular formula is C29H52O. The van der Waals surface area contributed by atoms with E-state index in [2.05, 4.69) is 41.5 Å². The second-order valence-electron chi connectivity index (χ2n) is 13.3. The summed E-state index contributed by atoms with van der Waals surface area (Å²) in [5, 5.41) is 10.3. The van der Waals surface area contributed by atoms with Gasteiger partial charge in [0.05, 0.1) is 6.10 Å². The van der Waals surface area contributed by atoms with Crippen LogP contribution in [0.5, 0.6) is 0 Å². The van der Waals surface area contributed by atoms with Gasteiger partial charge < -0.3 is 5.11 Å². The monoisotopic (exact) mass is 416 g/mol. The molecule has 0 bridgehead atoms. The molecule has 0 amide bonds. The number of fused-ring (bicyclic) bond motifs is 5. The molecule has 4 rings (SSSR count). The lowest BCUT2D eigenvalue weighted by atomic mass is 9.44. The van der Waals surface area contributed by atoms with Crippen molar-refractivity contribution in [2.45, 2.75) is 125 Å². The minimum absolute atomic E-state index is 0.0111. The molecule has 0 radical (unpaired) electrons. The van der Waals surface area contributed by atoms with E-state index in [-0.39, 0.29) is 6.10 Å². The van der Waals surface area contributed by atoms with E-state index in [9.17, 15) is 5.11 Å². The van der Waals surface area contributed by atoms with Gasteiger partial charge in [-0.3, -0.25) is 0 Å². The third-order valence-corrected chi connectivity index (χ3v) is 11.9. The zero-order valence-electron chi connectivity index (χ0n) is 21.1. The Hall–Kier alpha value is -0.0400. The first-order valence-corrected chi connectivity index (χ1v) is 13.9. The number of aliphatic hydroxyl groups excluding tert-OH is 1. The maximum Gasteiger partial charge on any atom is 0.0543 e. The Bertz CT molecular complexity index is 583. The van der Waals surface area contributed by atoms with Gasteiger partial charge in [0.1, 0.15) is 0 Å². The fourth-order valence-electron chi connectivity index (χ4n) is 9.90. The van der Waals surface area contributed by atoms with Crippen LogP contribution in [-0.4, -0.2) is 11.2 Å². The highest BCUT2D eigenvalue weighted by Gasteiger charge is 2.60. The molecule has 0 aromatic heterocycles. The third kappa shape index (κ3) is 3.82. The Morgan fingerprint density at radius 2 is 1.53 bits per heavy atom. The van der Waals surface area contributed by atoms with Crippen molar-refractivity contribution >= 4 is 0 Å². The molecule has 30 heavy (non-hydrogen) atoms. The van der Waals surface area contributed by atoms with E-state index in [1.165, 1.54) is 64.2 Å². The summed E-state index contributed by atoms with van der Waals surface area (Å²) in [7, 11) is 0. The summed E-state index contributed by atoms with van der Waals surface area (Å²) in [5.41, 5.74) is 1.14. The first kappa shape index (κ1) is 23.1. The molecule has 0 spiro atoms. The van der Waals surface area contributed by atoms with E-state index >= 15 is 0 Å². The second-order valence-corrected chi connectivity index (χ2v) is 13.3. The zero-order chi connectivity index (χ0) is 21.7. The van der Waals surface area contributed by atoms with Gasteiger partial charge in [-0.1, -0.05) is 54.4 Å². The van der Waals surface area contributed by atoms with Gasteiger partial charge in [-0.2, -0.15) is 0 Å². The van der Waals surface area contributed by atoms with E-state index in [0.717, 1.165) is 60.2 Å². The number of hydrogen-bond donors (Lipinski definition) is 1. The normalized spacial score (nSPS) is 48.0. The molecule has 1 heteroatoms. The van der Waals surface area contributed by atoms with Crippen molar-refractivity contribution in [1.29, 1.82) is 0 Å². The van der Waals surface area contributed by atoms with E-state index in [1.54, 1.807) is 0 Å². The summed E-state index contributed by atoms with van der Waals surface area (Å²) in [4.78, 5) is 0. The van der Waals surface area contributed by atoms with Gasteiger partial charge in [-0.05, 0) is 122 Å². The van der Waals surface area contributed by atoms with Gasteiger partial charge in [-0.15, -0.1) is 0 Å². The highest BCUT2D eigenvalue weighted by atomic mass is 16.3. The average molecular weight is 417 g/mol. The van der Waals surface area contributed by atoms with Crippen molar-refractivity contribution in [3.8, 4) is 0 Å². The van der Waals surface area contributed by atoms with Crippen LogP contribution in [0.15, 0.2) is 0 Å². The van der Waals surface area contributed by atoms with Gasteiger partial charge in [0.25, 0.3) is 0 Å². The first-order valence-electron chi connectivity index (χ1n) is 13.9. The van der Waals surface area contributed by atoms with Gasteiger partial charge in [-0.25, -0.2) is 0 Å². The Morgan fingerprint density at radius 1 is 0.833 bits per heavy atom. The molecule has 0 aromatic rings. The molecule has 4 aliphatic rings. The van der Waals surface area contributed by atoms with E-state index in [1.807, 2.05) is 0 Å². The Kier molecular flexibility index (Phi) is 6.72. The third-order valence-electron chi connectivity index (χ3n) is 11.9. The van der Waals surface area contributed by atoms with Crippen LogP contribution in [0.4, 0.5) is 0 Å². The predicted molar refractivity (Wildman–Crippen MR) is 128 cm³/mol. The van der Waals surface area contributed by atoms with Crippen molar-refractivity contribution in [2.24, 2.45) is 58.2 Å². The standard InChI is InChI=1S/C29H52O/c1-7-21(19(2)3)9-8-20(4)25-12-13-26-24-11-10-22-18-23(30)14-16-28(22,5)27(24)15-17-29(25,26)6/h19-27,30H,7-18H2,1-6H3/t20-,21+,22-,23-,24?,25?,26?,27?,28+,29-/m1/s1. The minimum atomic E-state index is -0.0111. The maximum absolute atomic E-state index is 10.3. The number of rotatable bonds is 6. The molecule has 0 aromatic carbocycles. The van der Waals surface area contributed by atoms with Crippen molar-refractivity contribution in [3.05, 3.63) is 0 Å². The van der Waals surface area contributed by atoms with Crippen molar-refractivity contribution < 1.29 is 5.11 Å². The summed E-state index contributed by atoms with van der Waals surface area (Å²) in [5.74, 6) is 7.34. The largest absolute Gasteiger partial charge is 0.393 e. The lowest BCUT2D eigenvalue weighted by Gasteiger charge is -2.61. The summed E-state index contributed by atoms with van der Waals surface area (Å²) in [6.07, 6.45) is 16.5. The number of aliphatic hydroxyl groups is 1. The Morgan fingerprint density at radius 3 is 2.23 bits per heavy atom. The zero-order valence-corrected chi connectivity index (χ0v) is 21.1. The highest BCUT2D eigenvalue weighted by molar-refractivity contribution is 5.09. The van der Waals surface area contributed by atoms with Crippen LogP contribution in [0.2, 0.25) is 0 Å². The molecule has 1 nitrogen and oxygen atoms in total. The molecule has 4 saturated carbocycles. The molecule has 1 N–H and O–H groups in total. The van der Waals surface area contributed by atoms with Gasteiger partial charge in [0.15, 0.2) is 0 Å². The lowest BCUT2D eigenvalue weighted by Crippen LogP contribution is -2.54. The van der Waals surface area contributed by atoms with Crippen LogP contribution in [0.25, 0.3) is 0 Å². The summed E-state index contributed by atoms with van der Waals surface area (Å²) < 4.78 is 0. The average Bonchev–Trinajstić information content (AvgIpc) is 3.06. The molecule has 4 aliphatic carbocycles. The fraction of sp³-hybridized carbons (Fsp3) is 1.00. The van der Waals surface area contributed by atoms with Crippen LogP contribution >= 0.6 is 0 Å². The predicted octanol–water partition coefficient (Wildman–Crippen LogP) is 8.10. The Balaban J connectivity index is 1.45. The lowest BCUT2D eigenvalue weighted by molar-refractivity contribution is -0.129. The summed E-state index contributed by atoms with van der Waals surface area (Å²) in [6, 6.07) is 0. The molecule has 0 heterocycles. The maximum atomic E-state index is 10.3. The van der Waals surface area contributed by atoms with Crippen LogP contribution in [0.3, 0.4) is 0 Å². The molecule has 174 valence electrons.